The van der Waals surface area contributed by atoms with Crippen LogP contribution in [-0.4, -0.2) is 30.2 Å². The minimum atomic E-state index is -0.436. The van der Waals surface area contributed by atoms with E-state index in [1.54, 1.807) is 18.2 Å². The van der Waals surface area contributed by atoms with Crippen molar-refractivity contribution in [2.75, 3.05) is 18.0 Å². The lowest BCUT2D eigenvalue weighted by Gasteiger charge is -2.25. The van der Waals surface area contributed by atoms with E-state index in [0.717, 1.165) is 31.7 Å². The molecule has 2 aliphatic rings. The fraction of sp³-hybridized carbons (Fsp3) is 0.368. The summed E-state index contributed by atoms with van der Waals surface area (Å²) in [4.78, 5) is 6.93. The molecule has 3 heterocycles. The van der Waals surface area contributed by atoms with Gasteiger partial charge in [-0.15, -0.1) is 0 Å². The molecule has 2 aliphatic heterocycles. The maximum Gasteiger partial charge on any atom is 0.215 e. The van der Waals surface area contributed by atoms with Gasteiger partial charge in [0.25, 0.3) is 0 Å². The number of ether oxygens (including phenoxy) is 1. The number of hydrogen-bond acceptors (Lipinski definition) is 5. The number of halogens is 1. The first-order valence-corrected chi connectivity index (χ1v) is 8.51. The Labute approximate surface area is 146 Å². The van der Waals surface area contributed by atoms with Gasteiger partial charge in [-0.25, -0.2) is 4.39 Å². The average Bonchev–Trinajstić information content (AvgIpc) is 2.94. The Morgan fingerprint density at radius 3 is 3.08 bits per heavy atom. The van der Waals surface area contributed by atoms with Crippen molar-refractivity contribution >= 4 is 5.82 Å². The largest absolute Gasteiger partial charge is 0.473 e. The normalized spacial score (nSPS) is 21.8. The van der Waals surface area contributed by atoms with Gasteiger partial charge in [-0.2, -0.15) is 10.2 Å². The van der Waals surface area contributed by atoms with E-state index in [2.05, 4.69) is 15.2 Å². The standard InChI is InChI=1S/C19H19FN4O/c20-17-8-13(10-21)4-5-14(17)12-25-19-3-1-2-18(23-19)24-11-15-9-16(24)6-7-22-15/h1-5,8,15-16,22H,6-7,9,11-12H2. The molecule has 2 fully saturated rings. The Morgan fingerprint density at radius 2 is 2.28 bits per heavy atom. The summed E-state index contributed by atoms with van der Waals surface area (Å²) in [6.07, 6.45) is 2.28. The van der Waals surface area contributed by atoms with Crippen LogP contribution in [0.25, 0.3) is 0 Å². The van der Waals surface area contributed by atoms with E-state index in [9.17, 15) is 4.39 Å². The molecule has 2 bridgehead atoms. The molecule has 0 amide bonds. The van der Waals surface area contributed by atoms with Crippen LogP contribution < -0.4 is 15.0 Å². The van der Waals surface area contributed by atoms with Gasteiger partial charge in [0.1, 0.15) is 18.2 Å². The number of fused-ring (bicyclic) bond motifs is 2. The summed E-state index contributed by atoms with van der Waals surface area (Å²) in [5.41, 5.74) is 0.711. The molecule has 0 saturated carbocycles. The fourth-order valence-electron chi connectivity index (χ4n) is 3.60. The Kier molecular flexibility index (Phi) is 4.24. The lowest BCUT2D eigenvalue weighted by molar-refractivity contribution is 0.288. The van der Waals surface area contributed by atoms with Crippen LogP contribution in [0.15, 0.2) is 36.4 Å². The molecule has 0 spiro atoms. The number of nitrogens with zero attached hydrogens (tertiary/aromatic N) is 3. The number of nitriles is 1. The smallest absolute Gasteiger partial charge is 0.215 e. The van der Waals surface area contributed by atoms with Gasteiger partial charge in [0, 0.05) is 30.3 Å². The molecule has 128 valence electrons. The Balaban J connectivity index is 1.46. The Hall–Kier alpha value is -2.65. The average molecular weight is 338 g/mol. The summed E-state index contributed by atoms with van der Waals surface area (Å²) in [5, 5.41) is 12.3. The first-order valence-electron chi connectivity index (χ1n) is 8.51. The van der Waals surface area contributed by atoms with E-state index in [4.69, 9.17) is 10.00 Å². The van der Waals surface area contributed by atoms with Crippen molar-refractivity contribution in [1.29, 1.82) is 5.26 Å². The summed E-state index contributed by atoms with van der Waals surface area (Å²) >= 11 is 0. The maximum absolute atomic E-state index is 13.9. The number of pyridine rings is 1. The van der Waals surface area contributed by atoms with Gasteiger partial charge < -0.3 is 15.0 Å². The van der Waals surface area contributed by atoms with Crippen molar-refractivity contribution in [3.05, 3.63) is 53.3 Å². The van der Waals surface area contributed by atoms with Gasteiger partial charge in [0.05, 0.1) is 11.6 Å². The van der Waals surface area contributed by atoms with Crippen LogP contribution in [0.1, 0.15) is 24.0 Å². The summed E-state index contributed by atoms with van der Waals surface area (Å²) in [6.45, 7) is 2.10. The molecule has 5 nitrogen and oxygen atoms in total. The Bertz CT molecular complexity index is 819. The second kappa shape index (κ2) is 6.69. The lowest BCUT2D eigenvalue weighted by Crippen LogP contribution is -2.35. The topological polar surface area (TPSA) is 61.2 Å². The summed E-state index contributed by atoms with van der Waals surface area (Å²) in [7, 11) is 0. The van der Waals surface area contributed by atoms with E-state index in [1.165, 1.54) is 6.07 Å². The predicted octanol–water partition coefficient (Wildman–Crippen LogP) is 2.61. The molecule has 0 aliphatic carbocycles. The molecule has 0 radical (unpaired) electrons. The van der Waals surface area contributed by atoms with Crippen LogP contribution in [0.3, 0.4) is 0 Å². The minimum Gasteiger partial charge on any atom is -0.473 e. The molecule has 2 atom stereocenters. The molecule has 2 unspecified atom stereocenters. The summed E-state index contributed by atoms with van der Waals surface area (Å²) < 4.78 is 19.6. The molecule has 6 heteroatoms. The van der Waals surface area contributed by atoms with E-state index in [1.807, 2.05) is 18.2 Å². The molecule has 4 rings (SSSR count). The van der Waals surface area contributed by atoms with Crippen LogP contribution >= 0.6 is 0 Å². The number of aromatic nitrogens is 1. The van der Waals surface area contributed by atoms with Crippen LogP contribution in [-0.2, 0) is 6.61 Å². The highest BCUT2D eigenvalue weighted by Crippen LogP contribution is 2.29. The number of piperidine rings is 1. The molecule has 2 saturated heterocycles. The lowest BCUT2D eigenvalue weighted by atomic mass is 10.1. The van der Waals surface area contributed by atoms with Gasteiger partial charge in [-0.1, -0.05) is 12.1 Å². The number of hydrogen-bond donors (Lipinski definition) is 1. The van der Waals surface area contributed by atoms with Crippen LogP contribution in [0.5, 0.6) is 5.88 Å². The minimum absolute atomic E-state index is 0.0849. The molecule has 1 aromatic carbocycles. The number of anilines is 1. The molecule has 1 N–H and O–H groups in total. The van der Waals surface area contributed by atoms with Gasteiger partial charge >= 0.3 is 0 Å². The molecule has 2 aromatic rings. The predicted molar refractivity (Wildman–Crippen MR) is 91.8 cm³/mol. The second-order valence-corrected chi connectivity index (χ2v) is 6.52. The molecular weight excluding hydrogens is 319 g/mol. The van der Waals surface area contributed by atoms with E-state index in [-0.39, 0.29) is 6.61 Å². The van der Waals surface area contributed by atoms with E-state index >= 15 is 0 Å². The SMILES string of the molecule is N#Cc1ccc(COc2cccc(N3CC4CC3CCN4)n2)c(F)c1. The number of nitrogens with one attached hydrogen (secondary N) is 1. The number of benzene rings is 1. The highest BCUT2D eigenvalue weighted by molar-refractivity contribution is 5.44. The third-order valence-electron chi connectivity index (χ3n) is 4.89. The third kappa shape index (κ3) is 3.28. The third-order valence-corrected chi connectivity index (χ3v) is 4.89. The van der Waals surface area contributed by atoms with Crippen LogP contribution in [0.2, 0.25) is 0 Å². The second-order valence-electron chi connectivity index (χ2n) is 6.52. The van der Waals surface area contributed by atoms with Crippen molar-refractivity contribution in [2.45, 2.75) is 31.5 Å². The fourth-order valence-corrected chi connectivity index (χ4v) is 3.60. The zero-order valence-corrected chi connectivity index (χ0v) is 13.8. The van der Waals surface area contributed by atoms with Crippen molar-refractivity contribution < 1.29 is 9.13 Å². The summed E-state index contributed by atoms with van der Waals surface area (Å²) in [6, 6.07) is 13.1. The van der Waals surface area contributed by atoms with Crippen molar-refractivity contribution in [1.82, 2.24) is 10.3 Å². The zero-order valence-electron chi connectivity index (χ0n) is 13.8. The van der Waals surface area contributed by atoms with Gasteiger partial charge in [-0.05, 0) is 37.6 Å². The van der Waals surface area contributed by atoms with E-state index < -0.39 is 5.82 Å². The van der Waals surface area contributed by atoms with Crippen molar-refractivity contribution in [3.63, 3.8) is 0 Å². The maximum atomic E-state index is 13.9. The highest BCUT2D eigenvalue weighted by Gasteiger charge is 2.35. The van der Waals surface area contributed by atoms with Gasteiger partial charge in [-0.3, -0.25) is 0 Å². The monoisotopic (exact) mass is 338 g/mol. The van der Waals surface area contributed by atoms with Crippen LogP contribution in [0.4, 0.5) is 10.2 Å². The first-order chi connectivity index (χ1) is 12.2. The van der Waals surface area contributed by atoms with Crippen molar-refractivity contribution in [2.24, 2.45) is 0 Å². The van der Waals surface area contributed by atoms with Crippen LogP contribution in [0, 0.1) is 17.1 Å². The molecule has 1 aromatic heterocycles. The number of rotatable bonds is 4. The molecule has 25 heavy (non-hydrogen) atoms. The van der Waals surface area contributed by atoms with Gasteiger partial charge in [0.2, 0.25) is 5.88 Å². The zero-order chi connectivity index (χ0) is 17.2. The molecular formula is C19H19FN4O. The quantitative estimate of drug-likeness (QED) is 0.928. The first kappa shape index (κ1) is 15.9. The summed E-state index contributed by atoms with van der Waals surface area (Å²) in [5.74, 6) is 0.958. The van der Waals surface area contributed by atoms with Gasteiger partial charge in [0.15, 0.2) is 0 Å². The highest BCUT2D eigenvalue weighted by atomic mass is 19.1. The van der Waals surface area contributed by atoms with E-state index in [0.29, 0.717) is 29.1 Å². The Morgan fingerprint density at radius 1 is 1.36 bits per heavy atom. The van der Waals surface area contributed by atoms with Crippen molar-refractivity contribution in [3.8, 4) is 11.9 Å².